The van der Waals surface area contributed by atoms with Crippen molar-refractivity contribution in [1.29, 1.82) is 0 Å². The van der Waals surface area contributed by atoms with Crippen LogP contribution >= 0.6 is 0 Å². The van der Waals surface area contributed by atoms with Crippen molar-refractivity contribution in [3.8, 4) is 11.4 Å². The normalized spacial score (nSPS) is 11.9. The van der Waals surface area contributed by atoms with Gasteiger partial charge in [0.05, 0.1) is 0 Å². The number of hydrogen-bond donors (Lipinski definition) is 0. The predicted octanol–water partition coefficient (Wildman–Crippen LogP) is 7.22. The second kappa shape index (κ2) is 10.8. The van der Waals surface area contributed by atoms with Crippen LogP contribution in [-0.4, -0.2) is 49.4 Å². The first-order chi connectivity index (χ1) is 19.0. The van der Waals surface area contributed by atoms with Gasteiger partial charge in [0, 0.05) is 0 Å². The number of hydrogen-bond acceptors (Lipinski definition) is 0. The minimum atomic E-state index is -4.47. The standard InChI is InChI=1S/2C14H9F3N2Se/c2*15-14(16,17)19-12-9-5-4-8-11(12)18(13(19)20)10-6-2-1-3-7-10/h2*1-9H. The molecule has 0 amide bonds. The topological polar surface area (TPSA) is 19.7 Å². The van der Waals surface area contributed by atoms with Gasteiger partial charge in [-0.05, 0) is 0 Å². The van der Waals surface area contributed by atoms with Crippen LogP contribution in [0.25, 0.3) is 33.4 Å². The number of benzene rings is 4. The van der Waals surface area contributed by atoms with Gasteiger partial charge >= 0.3 is 240 Å². The van der Waals surface area contributed by atoms with E-state index in [1.165, 1.54) is 12.1 Å². The molecule has 204 valence electrons. The van der Waals surface area contributed by atoms with Crippen molar-refractivity contribution in [1.82, 2.24) is 18.3 Å². The van der Waals surface area contributed by atoms with Crippen LogP contribution in [-0.2, 0) is 12.6 Å². The first kappa shape index (κ1) is 28.0. The van der Waals surface area contributed by atoms with Crippen LogP contribution in [0.1, 0.15) is 0 Å². The van der Waals surface area contributed by atoms with Crippen LogP contribution in [0.4, 0.5) is 26.3 Å². The van der Waals surface area contributed by atoms with Gasteiger partial charge in [-0.25, -0.2) is 0 Å². The van der Waals surface area contributed by atoms with Crippen molar-refractivity contribution >= 4 is 53.2 Å². The van der Waals surface area contributed by atoms with Gasteiger partial charge in [0.25, 0.3) is 0 Å². The third-order valence-corrected chi connectivity index (χ3v) is 7.56. The molecule has 0 saturated heterocycles. The van der Waals surface area contributed by atoms with E-state index in [4.69, 9.17) is 0 Å². The van der Waals surface area contributed by atoms with E-state index in [0.29, 0.717) is 31.5 Å². The first-order valence-corrected chi connectivity index (χ1v) is 13.4. The summed E-state index contributed by atoms with van der Waals surface area (Å²) in [5.41, 5.74) is 2.62. The Balaban J connectivity index is 0.000000161. The average Bonchev–Trinajstić information content (AvgIpc) is 3.40. The summed E-state index contributed by atoms with van der Waals surface area (Å²) < 4.78 is 83.3. The molecule has 40 heavy (non-hydrogen) atoms. The van der Waals surface area contributed by atoms with E-state index >= 15 is 0 Å². The number of fused-ring (bicyclic) bond motifs is 2. The van der Waals surface area contributed by atoms with Gasteiger partial charge < -0.3 is 0 Å². The molecule has 2 heterocycles. The van der Waals surface area contributed by atoms with Crippen LogP contribution in [0.5, 0.6) is 0 Å². The molecule has 6 rings (SSSR count). The molecule has 0 radical (unpaired) electrons. The molecule has 0 saturated carbocycles. The quantitative estimate of drug-likeness (QED) is 0.136. The Kier molecular flexibility index (Phi) is 7.54. The predicted molar refractivity (Wildman–Crippen MR) is 143 cm³/mol. The summed E-state index contributed by atoms with van der Waals surface area (Å²) in [7, 11) is 0. The Bertz CT molecular complexity index is 1770. The van der Waals surface area contributed by atoms with Crippen LogP contribution in [0, 0.1) is 8.65 Å². The number of para-hydroxylation sites is 6. The monoisotopic (exact) mass is 684 g/mol. The van der Waals surface area contributed by atoms with Gasteiger partial charge in [0.15, 0.2) is 0 Å². The molecule has 0 spiro atoms. The SMILES string of the molecule is FC(F)(F)n1c(=[Se])n(-c2ccccc2)c2ccccc21.FC(F)(F)n1c(=[Se])n(-c2ccccc2)c2ccccc21. The molecule has 0 unspecified atom stereocenters. The number of nitrogens with zero attached hydrogens (tertiary/aromatic N) is 4. The molecule has 4 nitrogen and oxygen atoms in total. The van der Waals surface area contributed by atoms with Crippen molar-refractivity contribution in [2.45, 2.75) is 12.6 Å². The third kappa shape index (κ3) is 5.15. The number of alkyl halides is 6. The Morgan fingerprint density at radius 1 is 0.400 bits per heavy atom. The number of imidazole rings is 2. The molecule has 0 bridgehead atoms. The summed E-state index contributed by atoms with van der Waals surface area (Å²) in [5, 5.41) is 0. The fourth-order valence-corrected chi connectivity index (χ4v) is 6.14. The maximum absolute atomic E-state index is 13.2. The third-order valence-electron chi connectivity index (χ3n) is 6.03. The van der Waals surface area contributed by atoms with Crippen molar-refractivity contribution in [2.24, 2.45) is 0 Å². The van der Waals surface area contributed by atoms with Crippen LogP contribution < -0.4 is 0 Å². The fourth-order valence-electron chi connectivity index (χ4n) is 4.44. The zero-order valence-corrected chi connectivity index (χ0v) is 23.7. The van der Waals surface area contributed by atoms with E-state index < -0.39 is 12.6 Å². The van der Waals surface area contributed by atoms with Crippen molar-refractivity contribution in [3.05, 3.63) is 118 Å². The van der Waals surface area contributed by atoms with Crippen LogP contribution in [0.3, 0.4) is 0 Å². The number of halogens is 6. The summed E-state index contributed by atoms with van der Waals surface area (Å²) in [6.45, 7) is 0. The van der Waals surface area contributed by atoms with Gasteiger partial charge in [0.2, 0.25) is 0 Å². The van der Waals surface area contributed by atoms with Gasteiger partial charge in [0.1, 0.15) is 0 Å². The van der Waals surface area contributed by atoms with E-state index in [-0.39, 0.29) is 19.7 Å². The maximum atomic E-state index is 13.2. The van der Waals surface area contributed by atoms with E-state index in [9.17, 15) is 26.3 Å². The number of aromatic nitrogens is 4. The molecule has 0 aliphatic heterocycles. The molecule has 6 aromatic rings. The molecule has 0 aliphatic rings. The summed E-state index contributed by atoms with van der Waals surface area (Å²) in [4.78, 5) is 0. The van der Waals surface area contributed by atoms with E-state index in [1.54, 1.807) is 94.1 Å². The molecular formula is C28H18F6N4Se2. The van der Waals surface area contributed by atoms with Crippen molar-refractivity contribution in [3.63, 3.8) is 0 Å². The molecule has 2 aromatic heterocycles. The second-order valence-corrected chi connectivity index (χ2v) is 10.0. The summed E-state index contributed by atoms with van der Waals surface area (Å²) in [6.07, 6.45) is -8.94. The zero-order valence-electron chi connectivity index (χ0n) is 20.3. The van der Waals surface area contributed by atoms with E-state index in [0.717, 1.165) is 0 Å². The fraction of sp³-hybridized carbons (Fsp3) is 0.0714. The Morgan fingerprint density at radius 3 is 0.975 bits per heavy atom. The molecule has 0 atom stereocenters. The molecule has 12 heteroatoms. The Hall–Kier alpha value is -3.56. The van der Waals surface area contributed by atoms with E-state index in [1.807, 2.05) is 12.1 Å². The molecular weight excluding hydrogens is 664 g/mol. The summed E-state index contributed by atoms with van der Waals surface area (Å²) >= 11 is 5.08. The summed E-state index contributed by atoms with van der Waals surface area (Å²) in [5.74, 6) is 0. The van der Waals surface area contributed by atoms with Gasteiger partial charge in [-0.3, -0.25) is 0 Å². The summed E-state index contributed by atoms with van der Waals surface area (Å²) in [6, 6.07) is 30.8. The zero-order chi connectivity index (χ0) is 28.7. The van der Waals surface area contributed by atoms with Gasteiger partial charge in [-0.1, -0.05) is 0 Å². The Labute approximate surface area is 239 Å². The van der Waals surface area contributed by atoms with Crippen molar-refractivity contribution < 1.29 is 26.3 Å². The molecule has 0 N–H and O–H groups in total. The second-order valence-electron chi connectivity index (χ2n) is 8.49. The minimum absolute atomic E-state index is 0.00454. The molecule has 0 aliphatic carbocycles. The first-order valence-electron chi connectivity index (χ1n) is 11.7. The number of rotatable bonds is 2. The molecule has 4 aromatic carbocycles. The Morgan fingerprint density at radius 2 is 0.675 bits per heavy atom. The van der Waals surface area contributed by atoms with Crippen molar-refractivity contribution in [2.75, 3.05) is 0 Å². The van der Waals surface area contributed by atoms with E-state index in [2.05, 4.69) is 31.2 Å². The van der Waals surface area contributed by atoms with Gasteiger partial charge in [-0.15, -0.1) is 0 Å². The molecule has 0 fully saturated rings. The van der Waals surface area contributed by atoms with Gasteiger partial charge in [-0.2, -0.15) is 0 Å². The average molecular weight is 682 g/mol. The van der Waals surface area contributed by atoms with Crippen LogP contribution in [0.15, 0.2) is 109 Å². The van der Waals surface area contributed by atoms with Crippen LogP contribution in [0.2, 0.25) is 0 Å².